The fourth-order valence-electron chi connectivity index (χ4n) is 1.14. The van der Waals surface area contributed by atoms with Crippen molar-refractivity contribution >= 4 is 12.0 Å². The molecular formula is C11H10F3NO2. The van der Waals surface area contributed by atoms with Crippen molar-refractivity contribution < 1.29 is 22.7 Å². The van der Waals surface area contributed by atoms with Crippen LogP contribution in [0.2, 0.25) is 0 Å². The molecule has 0 saturated heterocycles. The monoisotopic (exact) mass is 245 g/mol. The Morgan fingerprint density at radius 2 is 2.00 bits per heavy atom. The van der Waals surface area contributed by atoms with Crippen molar-refractivity contribution in [1.82, 2.24) is 0 Å². The highest BCUT2D eigenvalue weighted by atomic mass is 19.4. The van der Waals surface area contributed by atoms with Gasteiger partial charge in [-0.25, -0.2) is 0 Å². The molecule has 0 atom stereocenters. The maximum Gasteiger partial charge on any atom is 0.573 e. The van der Waals surface area contributed by atoms with Crippen molar-refractivity contribution in [2.24, 2.45) is 5.73 Å². The molecule has 3 nitrogen and oxygen atoms in total. The van der Waals surface area contributed by atoms with Crippen molar-refractivity contribution in [3.05, 3.63) is 35.9 Å². The molecule has 1 amide bonds. The average molecular weight is 245 g/mol. The van der Waals surface area contributed by atoms with Crippen LogP contribution in [0.15, 0.2) is 30.3 Å². The SMILES string of the molecule is NC(=O)CC=Cc1ccccc1OC(F)(F)F. The van der Waals surface area contributed by atoms with Gasteiger partial charge in [0.15, 0.2) is 0 Å². The first-order valence-corrected chi connectivity index (χ1v) is 4.68. The molecule has 0 fully saturated rings. The van der Waals surface area contributed by atoms with Gasteiger partial charge >= 0.3 is 6.36 Å². The molecule has 0 heterocycles. The van der Waals surface area contributed by atoms with E-state index in [-0.39, 0.29) is 17.7 Å². The van der Waals surface area contributed by atoms with E-state index in [0.29, 0.717) is 0 Å². The summed E-state index contributed by atoms with van der Waals surface area (Å²) in [7, 11) is 0. The first-order chi connectivity index (χ1) is 7.88. The van der Waals surface area contributed by atoms with Gasteiger partial charge in [0.25, 0.3) is 0 Å². The number of halogens is 3. The minimum atomic E-state index is -4.74. The number of alkyl halides is 3. The molecular weight excluding hydrogens is 235 g/mol. The van der Waals surface area contributed by atoms with Gasteiger partial charge in [-0.2, -0.15) is 0 Å². The van der Waals surface area contributed by atoms with Gasteiger partial charge in [0.1, 0.15) is 5.75 Å². The lowest BCUT2D eigenvalue weighted by molar-refractivity contribution is -0.274. The van der Waals surface area contributed by atoms with E-state index in [1.54, 1.807) is 6.07 Å². The van der Waals surface area contributed by atoms with Crippen LogP contribution in [-0.2, 0) is 4.79 Å². The Kier molecular flexibility index (Phi) is 4.14. The minimum absolute atomic E-state index is 0.0413. The topological polar surface area (TPSA) is 52.3 Å². The summed E-state index contributed by atoms with van der Waals surface area (Å²) in [5.41, 5.74) is 5.12. The molecule has 0 bridgehead atoms. The quantitative estimate of drug-likeness (QED) is 0.885. The fraction of sp³-hybridized carbons (Fsp3) is 0.182. The van der Waals surface area contributed by atoms with Crippen LogP contribution in [0, 0.1) is 0 Å². The summed E-state index contributed by atoms with van der Waals surface area (Å²) < 4.78 is 40.0. The Labute approximate surface area is 95.7 Å². The molecule has 2 N–H and O–H groups in total. The highest BCUT2D eigenvalue weighted by molar-refractivity contribution is 5.76. The maximum absolute atomic E-state index is 12.1. The fourth-order valence-corrected chi connectivity index (χ4v) is 1.14. The summed E-state index contributed by atoms with van der Waals surface area (Å²) in [5.74, 6) is -0.879. The molecule has 1 rings (SSSR count). The van der Waals surface area contributed by atoms with Gasteiger partial charge in [0.2, 0.25) is 5.91 Å². The van der Waals surface area contributed by atoms with Crippen LogP contribution in [0.1, 0.15) is 12.0 Å². The Bertz CT molecular complexity index is 427. The molecule has 0 aliphatic rings. The van der Waals surface area contributed by atoms with Crippen molar-refractivity contribution in [1.29, 1.82) is 0 Å². The highest BCUT2D eigenvalue weighted by Crippen LogP contribution is 2.26. The number of benzene rings is 1. The third-order valence-corrected chi connectivity index (χ3v) is 1.76. The number of hydrogen-bond donors (Lipinski definition) is 1. The molecule has 0 saturated carbocycles. The zero-order valence-corrected chi connectivity index (χ0v) is 8.70. The molecule has 0 aliphatic carbocycles. The van der Waals surface area contributed by atoms with E-state index >= 15 is 0 Å². The lowest BCUT2D eigenvalue weighted by atomic mass is 10.2. The molecule has 92 valence electrons. The molecule has 0 unspecified atom stereocenters. The van der Waals surface area contributed by atoms with Crippen molar-refractivity contribution in [3.63, 3.8) is 0 Å². The molecule has 6 heteroatoms. The van der Waals surface area contributed by atoms with E-state index in [2.05, 4.69) is 4.74 Å². The molecule has 1 aromatic rings. The van der Waals surface area contributed by atoms with Crippen molar-refractivity contribution in [3.8, 4) is 5.75 Å². The molecule has 0 aromatic heterocycles. The van der Waals surface area contributed by atoms with E-state index < -0.39 is 12.3 Å². The van der Waals surface area contributed by atoms with Crippen molar-refractivity contribution in [2.45, 2.75) is 12.8 Å². The number of nitrogens with two attached hydrogens (primary N) is 1. The van der Waals surface area contributed by atoms with E-state index in [1.807, 2.05) is 0 Å². The van der Waals surface area contributed by atoms with Gasteiger partial charge in [-0.05, 0) is 6.07 Å². The summed E-state index contributed by atoms with van der Waals surface area (Å²) in [6, 6.07) is 5.62. The Morgan fingerprint density at radius 1 is 1.35 bits per heavy atom. The van der Waals surface area contributed by atoms with Crippen LogP contribution in [0.3, 0.4) is 0 Å². The zero-order valence-electron chi connectivity index (χ0n) is 8.70. The molecule has 0 aliphatic heterocycles. The van der Waals surface area contributed by atoms with Crippen molar-refractivity contribution in [2.75, 3.05) is 0 Å². The predicted molar refractivity (Wildman–Crippen MR) is 56.0 cm³/mol. The predicted octanol–water partition coefficient (Wildman–Crippen LogP) is 2.47. The maximum atomic E-state index is 12.1. The van der Waals surface area contributed by atoms with E-state index in [1.165, 1.54) is 30.4 Å². The number of amides is 1. The van der Waals surface area contributed by atoms with Gasteiger partial charge in [0.05, 0.1) is 0 Å². The second-order valence-corrected chi connectivity index (χ2v) is 3.16. The number of ether oxygens (including phenoxy) is 1. The summed E-state index contributed by atoms with van der Waals surface area (Å²) in [6.07, 6.45) is -2.05. The van der Waals surface area contributed by atoms with E-state index in [9.17, 15) is 18.0 Å². The number of carbonyl (C=O) groups excluding carboxylic acids is 1. The molecule has 0 radical (unpaired) electrons. The van der Waals surface area contributed by atoms with E-state index in [0.717, 1.165) is 0 Å². The van der Waals surface area contributed by atoms with E-state index in [4.69, 9.17) is 5.73 Å². The summed E-state index contributed by atoms with van der Waals surface area (Å²) in [4.78, 5) is 10.5. The summed E-state index contributed by atoms with van der Waals surface area (Å²) in [5, 5.41) is 0. The second-order valence-electron chi connectivity index (χ2n) is 3.16. The number of para-hydroxylation sites is 1. The van der Waals surface area contributed by atoms with Crippen LogP contribution >= 0.6 is 0 Å². The highest BCUT2D eigenvalue weighted by Gasteiger charge is 2.31. The number of carbonyl (C=O) groups is 1. The molecule has 17 heavy (non-hydrogen) atoms. The third-order valence-electron chi connectivity index (χ3n) is 1.76. The van der Waals surface area contributed by atoms with Gasteiger partial charge in [0, 0.05) is 12.0 Å². The summed E-state index contributed by atoms with van der Waals surface area (Å²) in [6.45, 7) is 0. The van der Waals surface area contributed by atoms with Crippen LogP contribution in [0.4, 0.5) is 13.2 Å². The van der Waals surface area contributed by atoms with Gasteiger partial charge in [-0.3, -0.25) is 4.79 Å². The lowest BCUT2D eigenvalue weighted by Gasteiger charge is -2.10. The first-order valence-electron chi connectivity index (χ1n) is 4.68. The number of hydrogen-bond acceptors (Lipinski definition) is 2. The van der Waals surface area contributed by atoms with Crippen LogP contribution in [-0.4, -0.2) is 12.3 Å². The average Bonchev–Trinajstić information content (AvgIpc) is 2.17. The van der Waals surface area contributed by atoms with Crippen LogP contribution in [0.25, 0.3) is 6.08 Å². The Hall–Kier alpha value is -1.98. The Balaban J connectivity index is 2.84. The second kappa shape index (κ2) is 5.38. The Morgan fingerprint density at radius 3 is 2.59 bits per heavy atom. The van der Waals surface area contributed by atoms with Gasteiger partial charge in [-0.15, -0.1) is 13.2 Å². The standard InChI is InChI=1S/C11H10F3NO2/c12-11(13,14)17-9-6-2-1-4-8(9)5-3-7-10(15)16/h1-6H,7H2,(H2,15,16). The van der Waals surface area contributed by atoms with Crippen LogP contribution < -0.4 is 10.5 Å². The minimum Gasteiger partial charge on any atom is -0.405 e. The number of primary amides is 1. The first kappa shape index (κ1) is 13.1. The lowest BCUT2D eigenvalue weighted by Crippen LogP contribution is -2.17. The molecule has 0 spiro atoms. The summed E-state index contributed by atoms with van der Waals surface area (Å²) >= 11 is 0. The largest absolute Gasteiger partial charge is 0.573 e. The van der Waals surface area contributed by atoms with Gasteiger partial charge in [-0.1, -0.05) is 30.4 Å². The molecule has 1 aromatic carbocycles. The normalized spacial score (nSPS) is 11.7. The smallest absolute Gasteiger partial charge is 0.405 e. The van der Waals surface area contributed by atoms with Crippen LogP contribution in [0.5, 0.6) is 5.75 Å². The van der Waals surface area contributed by atoms with Gasteiger partial charge < -0.3 is 10.5 Å². The number of rotatable bonds is 4. The zero-order chi connectivity index (χ0) is 12.9. The third kappa shape index (κ3) is 5.05.